The largest absolute Gasteiger partial charge is 0.476 e. The summed E-state index contributed by atoms with van der Waals surface area (Å²) >= 11 is 0. The number of unbranched alkanes of at least 4 members (excludes halogenated alkanes) is 6. The van der Waals surface area contributed by atoms with Crippen LogP contribution in [0.3, 0.4) is 0 Å². The fourth-order valence-electron chi connectivity index (χ4n) is 2.50. The van der Waals surface area contributed by atoms with Gasteiger partial charge in [-0.05, 0) is 18.6 Å². The summed E-state index contributed by atoms with van der Waals surface area (Å²) in [7, 11) is 0. The van der Waals surface area contributed by atoms with Gasteiger partial charge in [0.1, 0.15) is 12.0 Å². The molecular weight excluding hydrogens is 260 g/mol. The van der Waals surface area contributed by atoms with E-state index in [4.69, 9.17) is 16.2 Å². The molecule has 1 rings (SSSR count). The average Bonchev–Trinajstić information content (AvgIpc) is 2.47. The highest BCUT2D eigenvalue weighted by atomic mass is 16.5. The van der Waals surface area contributed by atoms with Crippen molar-refractivity contribution in [3.63, 3.8) is 0 Å². The second-order valence-corrected chi connectivity index (χ2v) is 5.88. The van der Waals surface area contributed by atoms with Crippen LogP contribution in [0.4, 0.5) is 0 Å². The van der Waals surface area contributed by atoms with Crippen molar-refractivity contribution in [1.82, 2.24) is 0 Å². The van der Waals surface area contributed by atoms with Crippen LogP contribution in [0.5, 0.6) is 5.75 Å². The highest BCUT2D eigenvalue weighted by Crippen LogP contribution is 2.13. The third-order valence-electron chi connectivity index (χ3n) is 3.74. The molecule has 0 aliphatic rings. The van der Waals surface area contributed by atoms with Crippen LogP contribution in [0.1, 0.15) is 64.7 Å². The van der Waals surface area contributed by atoms with Gasteiger partial charge in [0.2, 0.25) is 0 Å². The zero-order valence-corrected chi connectivity index (χ0v) is 13.5. The van der Waals surface area contributed by atoms with E-state index in [9.17, 15) is 0 Å². The summed E-state index contributed by atoms with van der Waals surface area (Å²) in [5.74, 6) is 0.813. The summed E-state index contributed by atoms with van der Waals surface area (Å²) in [6, 6.07) is 9.83. The van der Waals surface area contributed by atoms with Crippen molar-refractivity contribution in [2.75, 3.05) is 0 Å². The zero-order valence-electron chi connectivity index (χ0n) is 13.5. The third-order valence-corrected chi connectivity index (χ3v) is 3.74. The summed E-state index contributed by atoms with van der Waals surface area (Å²) in [5, 5.41) is 0. The van der Waals surface area contributed by atoms with E-state index < -0.39 is 0 Å². The monoisotopic (exact) mass is 292 g/mol. The summed E-state index contributed by atoms with van der Waals surface area (Å²) in [5.41, 5.74) is 12.1. The molecule has 0 radical (unpaired) electrons. The topological polar surface area (TPSA) is 61.3 Å². The Morgan fingerprint density at radius 1 is 0.905 bits per heavy atom. The van der Waals surface area contributed by atoms with Gasteiger partial charge in [-0.3, -0.25) is 5.73 Å². The molecule has 120 valence electrons. The van der Waals surface area contributed by atoms with Crippen LogP contribution in [0.25, 0.3) is 0 Å². The number of nitrogens with two attached hydrogens (primary N) is 2. The SMILES string of the molecule is CCCCCCCCCC(N)CC(N)Oc1ccccc1. The Labute approximate surface area is 130 Å². The van der Waals surface area contributed by atoms with Crippen molar-refractivity contribution in [2.45, 2.75) is 77.0 Å². The van der Waals surface area contributed by atoms with Gasteiger partial charge in [0, 0.05) is 12.5 Å². The Bertz CT molecular complexity index is 342. The maximum Gasteiger partial charge on any atom is 0.149 e. The van der Waals surface area contributed by atoms with Crippen LogP contribution in [-0.4, -0.2) is 12.3 Å². The highest BCUT2D eigenvalue weighted by Gasteiger charge is 2.10. The van der Waals surface area contributed by atoms with Gasteiger partial charge in [0.15, 0.2) is 0 Å². The predicted octanol–water partition coefficient (Wildman–Crippen LogP) is 4.21. The van der Waals surface area contributed by atoms with Gasteiger partial charge in [0.25, 0.3) is 0 Å². The molecule has 4 N–H and O–H groups in total. The average molecular weight is 292 g/mol. The molecule has 0 aliphatic heterocycles. The fourth-order valence-corrected chi connectivity index (χ4v) is 2.50. The van der Waals surface area contributed by atoms with Crippen LogP contribution in [-0.2, 0) is 0 Å². The van der Waals surface area contributed by atoms with E-state index in [1.54, 1.807) is 0 Å². The van der Waals surface area contributed by atoms with Gasteiger partial charge < -0.3 is 10.5 Å². The molecule has 0 saturated heterocycles. The van der Waals surface area contributed by atoms with Crippen LogP contribution >= 0.6 is 0 Å². The molecule has 0 amide bonds. The van der Waals surface area contributed by atoms with Crippen molar-refractivity contribution >= 4 is 0 Å². The Morgan fingerprint density at radius 3 is 2.19 bits per heavy atom. The van der Waals surface area contributed by atoms with Crippen molar-refractivity contribution < 1.29 is 4.74 Å². The summed E-state index contributed by atoms with van der Waals surface area (Å²) in [6.45, 7) is 2.25. The molecule has 0 aromatic heterocycles. The van der Waals surface area contributed by atoms with Crippen molar-refractivity contribution in [3.05, 3.63) is 30.3 Å². The van der Waals surface area contributed by atoms with Crippen molar-refractivity contribution in [3.8, 4) is 5.75 Å². The van der Waals surface area contributed by atoms with Gasteiger partial charge in [-0.25, -0.2) is 0 Å². The summed E-state index contributed by atoms with van der Waals surface area (Å²) in [6.07, 6.45) is 10.7. The zero-order chi connectivity index (χ0) is 15.3. The van der Waals surface area contributed by atoms with Gasteiger partial charge >= 0.3 is 0 Å². The Kier molecular flexibility index (Phi) is 9.92. The fraction of sp³-hybridized carbons (Fsp3) is 0.667. The second-order valence-electron chi connectivity index (χ2n) is 5.88. The molecule has 3 nitrogen and oxygen atoms in total. The van der Waals surface area contributed by atoms with E-state index in [-0.39, 0.29) is 12.3 Å². The lowest BCUT2D eigenvalue weighted by molar-refractivity contribution is 0.186. The number of benzene rings is 1. The van der Waals surface area contributed by atoms with E-state index in [1.807, 2.05) is 30.3 Å². The molecule has 0 saturated carbocycles. The first kappa shape index (κ1) is 18.0. The molecule has 1 aromatic carbocycles. The van der Waals surface area contributed by atoms with Gasteiger partial charge in [-0.15, -0.1) is 0 Å². The Morgan fingerprint density at radius 2 is 1.52 bits per heavy atom. The lowest BCUT2D eigenvalue weighted by atomic mass is 10.0. The number of hydrogen-bond donors (Lipinski definition) is 2. The van der Waals surface area contributed by atoms with E-state index in [1.165, 1.54) is 44.9 Å². The number of para-hydroxylation sites is 1. The molecule has 3 heteroatoms. The minimum Gasteiger partial charge on any atom is -0.476 e. The molecule has 2 unspecified atom stereocenters. The van der Waals surface area contributed by atoms with Crippen molar-refractivity contribution in [1.29, 1.82) is 0 Å². The standard InChI is InChI=1S/C18H32N2O/c1-2-3-4-5-6-7-9-12-16(19)15-18(20)21-17-13-10-8-11-14-17/h8,10-11,13-14,16,18H,2-7,9,12,15,19-20H2,1H3. The van der Waals surface area contributed by atoms with Crippen molar-refractivity contribution in [2.24, 2.45) is 11.5 Å². The quantitative estimate of drug-likeness (QED) is 0.448. The first-order valence-electron chi connectivity index (χ1n) is 8.45. The molecule has 0 bridgehead atoms. The number of rotatable bonds is 12. The maximum atomic E-state index is 6.13. The minimum absolute atomic E-state index is 0.138. The summed E-state index contributed by atoms with van der Waals surface area (Å²) < 4.78 is 5.65. The first-order valence-corrected chi connectivity index (χ1v) is 8.45. The first-order chi connectivity index (χ1) is 10.2. The second kappa shape index (κ2) is 11.6. The van der Waals surface area contributed by atoms with Crippen LogP contribution < -0.4 is 16.2 Å². The lowest BCUT2D eigenvalue weighted by Gasteiger charge is -2.18. The maximum absolute atomic E-state index is 6.13. The third kappa shape index (κ3) is 9.48. The summed E-state index contributed by atoms with van der Waals surface area (Å²) in [4.78, 5) is 0. The molecule has 2 atom stereocenters. The smallest absolute Gasteiger partial charge is 0.149 e. The molecular formula is C18H32N2O. The Balaban J connectivity index is 2.03. The van der Waals surface area contributed by atoms with E-state index >= 15 is 0 Å². The van der Waals surface area contributed by atoms with Crippen LogP contribution in [0.15, 0.2) is 30.3 Å². The highest BCUT2D eigenvalue weighted by molar-refractivity contribution is 5.21. The van der Waals surface area contributed by atoms with E-state index in [0.29, 0.717) is 6.42 Å². The Hall–Kier alpha value is -1.06. The van der Waals surface area contributed by atoms with Crippen LogP contribution in [0, 0.1) is 0 Å². The van der Waals surface area contributed by atoms with Gasteiger partial charge in [-0.1, -0.05) is 70.1 Å². The van der Waals surface area contributed by atoms with E-state index in [2.05, 4.69) is 6.92 Å². The van der Waals surface area contributed by atoms with E-state index in [0.717, 1.165) is 12.2 Å². The molecule has 1 aromatic rings. The minimum atomic E-state index is -0.313. The number of ether oxygens (including phenoxy) is 1. The molecule has 21 heavy (non-hydrogen) atoms. The molecule has 0 heterocycles. The predicted molar refractivity (Wildman–Crippen MR) is 90.2 cm³/mol. The van der Waals surface area contributed by atoms with Gasteiger partial charge in [-0.2, -0.15) is 0 Å². The molecule has 0 spiro atoms. The normalized spacial score (nSPS) is 13.9. The molecule has 0 fully saturated rings. The lowest BCUT2D eigenvalue weighted by Crippen LogP contribution is -2.35. The van der Waals surface area contributed by atoms with Gasteiger partial charge in [0.05, 0.1) is 0 Å². The van der Waals surface area contributed by atoms with Crippen LogP contribution in [0.2, 0.25) is 0 Å². The number of hydrogen-bond acceptors (Lipinski definition) is 3. The molecule has 0 aliphatic carbocycles.